The van der Waals surface area contributed by atoms with Gasteiger partial charge in [-0.2, -0.15) is 0 Å². The van der Waals surface area contributed by atoms with Gasteiger partial charge in [0, 0.05) is 26.4 Å². The molecule has 0 spiro atoms. The van der Waals surface area contributed by atoms with Gasteiger partial charge in [0.25, 0.3) is 0 Å². The normalized spacial score (nSPS) is 10.6. The number of hydrogen-bond donors (Lipinski definition) is 1. The van der Waals surface area contributed by atoms with Gasteiger partial charge in [-0.15, -0.1) is 11.3 Å². The lowest BCUT2D eigenvalue weighted by Crippen LogP contribution is -2.16. The van der Waals surface area contributed by atoms with Crippen molar-refractivity contribution in [3.8, 4) is 0 Å². The van der Waals surface area contributed by atoms with Gasteiger partial charge in [0.15, 0.2) is 5.78 Å². The first-order valence-electron chi connectivity index (χ1n) is 6.38. The Balaban J connectivity index is 1.80. The van der Waals surface area contributed by atoms with Crippen LogP contribution >= 0.6 is 11.3 Å². The molecule has 0 fully saturated rings. The van der Waals surface area contributed by atoms with Gasteiger partial charge in [0.1, 0.15) is 0 Å². The minimum atomic E-state index is 0.110. The standard InChI is InChI=1S/C15H18N2OS/c1-11-15(12(2)18)19-14(17-11)8-9-16-10-13-6-4-3-5-7-13/h3-7,16H,8-10H2,1-2H3. The van der Waals surface area contributed by atoms with E-state index in [1.54, 1.807) is 6.92 Å². The zero-order valence-electron chi connectivity index (χ0n) is 11.3. The van der Waals surface area contributed by atoms with E-state index in [0.717, 1.165) is 35.1 Å². The molecule has 0 aliphatic carbocycles. The van der Waals surface area contributed by atoms with Gasteiger partial charge in [-0.1, -0.05) is 30.3 Å². The second-order valence-electron chi connectivity index (χ2n) is 4.49. The fourth-order valence-corrected chi connectivity index (χ4v) is 2.87. The molecule has 1 heterocycles. The number of carbonyl (C=O) groups is 1. The van der Waals surface area contributed by atoms with Crippen molar-refractivity contribution in [3.63, 3.8) is 0 Å². The first-order chi connectivity index (χ1) is 9.16. The summed E-state index contributed by atoms with van der Waals surface area (Å²) in [5.41, 5.74) is 2.14. The molecule has 2 aromatic rings. The molecule has 1 aromatic carbocycles. The van der Waals surface area contributed by atoms with E-state index in [4.69, 9.17) is 0 Å². The predicted molar refractivity (Wildman–Crippen MR) is 78.7 cm³/mol. The Labute approximate surface area is 117 Å². The molecule has 1 N–H and O–H groups in total. The maximum atomic E-state index is 11.3. The van der Waals surface area contributed by atoms with E-state index in [2.05, 4.69) is 22.4 Å². The number of benzene rings is 1. The molecule has 0 radical (unpaired) electrons. The van der Waals surface area contributed by atoms with E-state index in [1.807, 2.05) is 25.1 Å². The summed E-state index contributed by atoms with van der Waals surface area (Å²) < 4.78 is 0. The molecule has 0 bridgehead atoms. The maximum Gasteiger partial charge on any atom is 0.171 e. The topological polar surface area (TPSA) is 42.0 Å². The lowest BCUT2D eigenvalue weighted by molar-refractivity contribution is 0.102. The molecule has 100 valence electrons. The lowest BCUT2D eigenvalue weighted by atomic mass is 10.2. The van der Waals surface area contributed by atoms with Crippen LogP contribution in [0.25, 0.3) is 0 Å². The average Bonchev–Trinajstić information content (AvgIpc) is 2.77. The molecule has 0 aliphatic rings. The number of aromatic nitrogens is 1. The zero-order chi connectivity index (χ0) is 13.7. The number of thiazole rings is 1. The van der Waals surface area contributed by atoms with Gasteiger partial charge < -0.3 is 5.32 Å². The molecule has 4 heteroatoms. The number of rotatable bonds is 6. The van der Waals surface area contributed by atoms with Crippen LogP contribution in [-0.2, 0) is 13.0 Å². The molecule has 0 aliphatic heterocycles. The minimum absolute atomic E-state index is 0.110. The Bertz CT molecular complexity index is 549. The van der Waals surface area contributed by atoms with E-state index >= 15 is 0 Å². The predicted octanol–water partition coefficient (Wildman–Crippen LogP) is 2.99. The van der Waals surface area contributed by atoms with Gasteiger partial charge in [-0.05, 0) is 12.5 Å². The molecule has 2 rings (SSSR count). The number of carbonyl (C=O) groups excluding carboxylic acids is 1. The van der Waals surface area contributed by atoms with Crippen LogP contribution in [0.3, 0.4) is 0 Å². The Morgan fingerprint density at radius 1 is 1.32 bits per heavy atom. The second kappa shape index (κ2) is 6.59. The van der Waals surface area contributed by atoms with Crippen LogP contribution in [-0.4, -0.2) is 17.3 Å². The minimum Gasteiger partial charge on any atom is -0.312 e. The highest BCUT2D eigenvalue weighted by Gasteiger charge is 2.10. The van der Waals surface area contributed by atoms with Crippen molar-refractivity contribution in [1.82, 2.24) is 10.3 Å². The largest absolute Gasteiger partial charge is 0.312 e. The third-order valence-corrected chi connectivity index (χ3v) is 4.17. The summed E-state index contributed by atoms with van der Waals surface area (Å²) in [6.07, 6.45) is 0.867. The molecular formula is C15H18N2OS. The fraction of sp³-hybridized carbons (Fsp3) is 0.333. The van der Waals surface area contributed by atoms with E-state index in [-0.39, 0.29) is 5.78 Å². The van der Waals surface area contributed by atoms with Crippen molar-refractivity contribution in [2.75, 3.05) is 6.54 Å². The van der Waals surface area contributed by atoms with Crippen LogP contribution in [0.2, 0.25) is 0 Å². The van der Waals surface area contributed by atoms with Gasteiger partial charge in [0.05, 0.1) is 15.6 Å². The smallest absolute Gasteiger partial charge is 0.171 e. The number of Topliss-reactive ketones (excluding diaryl/α,β-unsaturated/α-hetero) is 1. The molecule has 1 aromatic heterocycles. The van der Waals surface area contributed by atoms with Gasteiger partial charge in [-0.3, -0.25) is 4.79 Å². The van der Waals surface area contributed by atoms with Crippen LogP contribution in [0.1, 0.15) is 32.9 Å². The number of nitrogens with zero attached hydrogens (tertiary/aromatic N) is 1. The van der Waals surface area contributed by atoms with Crippen molar-refractivity contribution < 1.29 is 4.79 Å². The lowest BCUT2D eigenvalue weighted by Gasteiger charge is -2.02. The van der Waals surface area contributed by atoms with Crippen LogP contribution in [0.5, 0.6) is 0 Å². The van der Waals surface area contributed by atoms with Crippen molar-refractivity contribution in [1.29, 1.82) is 0 Å². The molecule has 0 saturated carbocycles. The highest BCUT2D eigenvalue weighted by Crippen LogP contribution is 2.18. The third kappa shape index (κ3) is 3.98. The van der Waals surface area contributed by atoms with Crippen molar-refractivity contribution >= 4 is 17.1 Å². The molecule has 0 saturated heterocycles. The van der Waals surface area contributed by atoms with Crippen LogP contribution in [0.4, 0.5) is 0 Å². The number of nitrogens with one attached hydrogen (secondary N) is 1. The number of hydrogen-bond acceptors (Lipinski definition) is 4. The fourth-order valence-electron chi connectivity index (χ4n) is 1.91. The summed E-state index contributed by atoms with van der Waals surface area (Å²) in [5, 5.41) is 4.42. The van der Waals surface area contributed by atoms with Crippen LogP contribution in [0.15, 0.2) is 30.3 Å². The Morgan fingerprint density at radius 3 is 2.68 bits per heavy atom. The molecule has 0 atom stereocenters. The summed E-state index contributed by atoms with van der Waals surface area (Å²) in [7, 11) is 0. The second-order valence-corrected chi connectivity index (χ2v) is 5.57. The molecular weight excluding hydrogens is 256 g/mol. The summed E-state index contributed by atoms with van der Waals surface area (Å²) in [6.45, 7) is 5.23. The Morgan fingerprint density at radius 2 is 2.05 bits per heavy atom. The van der Waals surface area contributed by atoms with E-state index in [0.29, 0.717) is 0 Å². The van der Waals surface area contributed by atoms with Gasteiger partial charge in [0.2, 0.25) is 0 Å². The highest BCUT2D eigenvalue weighted by molar-refractivity contribution is 7.13. The summed E-state index contributed by atoms with van der Waals surface area (Å²) >= 11 is 1.51. The Hall–Kier alpha value is -1.52. The maximum absolute atomic E-state index is 11.3. The van der Waals surface area contributed by atoms with Crippen molar-refractivity contribution in [2.45, 2.75) is 26.8 Å². The average molecular weight is 274 g/mol. The number of ketones is 1. The summed E-state index contributed by atoms with van der Waals surface area (Å²) in [4.78, 5) is 16.6. The van der Waals surface area contributed by atoms with E-state index in [1.165, 1.54) is 16.9 Å². The molecule has 0 unspecified atom stereocenters. The summed E-state index contributed by atoms with van der Waals surface area (Å²) in [5.74, 6) is 0.110. The highest BCUT2D eigenvalue weighted by atomic mass is 32.1. The van der Waals surface area contributed by atoms with Gasteiger partial charge >= 0.3 is 0 Å². The summed E-state index contributed by atoms with van der Waals surface area (Å²) in [6, 6.07) is 10.3. The molecule has 0 amide bonds. The zero-order valence-corrected chi connectivity index (χ0v) is 12.1. The molecule has 3 nitrogen and oxygen atoms in total. The first kappa shape index (κ1) is 13.9. The monoisotopic (exact) mass is 274 g/mol. The molecule has 19 heavy (non-hydrogen) atoms. The number of aryl methyl sites for hydroxylation is 1. The first-order valence-corrected chi connectivity index (χ1v) is 7.20. The van der Waals surface area contributed by atoms with Crippen molar-refractivity contribution in [2.24, 2.45) is 0 Å². The van der Waals surface area contributed by atoms with E-state index in [9.17, 15) is 4.79 Å². The van der Waals surface area contributed by atoms with Crippen LogP contribution in [0, 0.1) is 6.92 Å². The van der Waals surface area contributed by atoms with Gasteiger partial charge in [-0.25, -0.2) is 4.98 Å². The Kier molecular flexibility index (Phi) is 4.82. The van der Waals surface area contributed by atoms with Crippen LogP contribution < -0.4 is 5.32 Å². The van der Waals surface area contributed by atoms with E-state index < -0.39 is 0 Å². The SMILES string of the molecule is CC(=O)c1sc(CCNCc2ccccc2)nc1C. The third-order valence-electron chi connectivity index (χ3n) is 2.85. The quantitative estimate of drug-likeness (QED) is 0.650. The van der Waals surface area contributed by atoms with Crippen molar-refractivity contribution in [3.05, 3.63) is 51.5 Å².